The number of aryl methyl sites for hydroxylation is 1. The highest BCUT2D eigenvalue weighted by Gasteiger charge is 2.44. The Morgan fingerprint density at radius 3 is 3.00 bits per heavy atom. The van der Waals surface area contributed by atoms with Gasteiger partial charge in [-0.25, -0.2) is 0 Å². The molecule has 80 valence electrons. The number of nitrogens with one attached hydrogen (secondary N) is 1. The summed E-state index contributed by atoms with van der Waals surface area (Å²) in [5.41, 5.74) is 1.88. The van der Waals surface area contributed by atoms with Crippen LogP contribution in [0.3, 0.4) is 0 Å². The van der Waals surface area contributed by atoms with E-state index < -0.39 is 5.60 Å². The summed E-state index contributed by atoms with van der Waals surface area (Å²) in [7, 11) is 0. The van der Waals surface area contributed by atoms with E-state index in [-0.39, 0.29) is 6.04 Å². The smallest absolute Gasteiger partial charge is 0.105 e. The van der Waals surface area contributed by atoms with Crippen LogP contribution in [0.25, 0.3) is 0 Å². The Balaban J connectivity index is 2.00. The van der Waals surface area contributed by atoms with Gasteiger partial charge in [-0.1, -0.05) is 24.3 Å². The lowest BCUT2D eigenvalue weighted by Gasteiger charge is -2.31. The summed E-state index contributed by atoms with van der Waals surface area (Å²) >= 11 is 0. The Labute approximate surface area is 90.3 Å². The molecule has 2 N–H and O–H groups in total. The molecule has 0 bridgehead atoms. The standard InChI is InChI=1S/C13H17NO/c15-13(12-6-3-9-14-12)8-7-10-4-1-2-5-11(10)13/h1-2,4-5,12,14-15H,3,6-9H2/t12-,13?/m0/s1. The second-order valence-electron chi connectivity index (χ2n) is 4.73. The van der Waals surface area contributed by atoms with Gasteiger partial charge in [0.15, 0.2) is 0 Å². The highest BCUT2D eigenvalue weighted by Crippen LogP contribution is 2.41. The fourth-order valence-corrected chi connectivity index (χ4v) is 3.07. The van der Waals surface area contributed by atoms with Crippen LogP contribution < -0.4 is 5.32 Å². The number of rotatable bonds is 1. The van der Waals surface area contributed by atoms with E-state index in [2.05, 4.69) is 23.5 Å². The van der Waals surface area contributed by atoms with Gasteiger partial charge in [0.1, 0.15) is 5.60 Å². The molecule has 1 aliphatic carbocycles. The number of fused-ring (bicyclic) bond motifs is 1. The van der Waals surface area contributed by atoms with E-state index in [0.29, 0.717) is 0 Å². The zero-order valence-electron chi connectivity index (χ0n) is 8.87. The van der Waals surface area contributed by atoms with Crippen molar-refractivity contribution in [2.45, 2.75) is 37.3 Å². The van der Waals surface area contributed by atoms with Crippen molar-refractivity contribution in [1.29, 1.82) is 0 Å². The first-order valence-electron chi connectivity index (χ1n) is 5.85. The van der Waals surface area contributed by atoms with E-state index in [0.717, 1.165) is 31.4 Å². The molecule has 1 aromatic rings. The van der Waals surface area contributed by atoms with Crippen molar-refractivity contribution in [2.24, 2.45) is 0 Å². The summed E-state index contributed by atoms with van der Waals surface area (Å²) in [5, 5.41) is 14.2. The van der Waals surface area contributed by atoms with E-state index in [4.69, 9.17) is 0 Å². The molecule has 15 heavy (non-hydrogen) atoms. The van der Waals surface area contributed by atoms with E-state index in [9.17, 15) is 5.11 Å². The van der Waals surface area contributed by atoms with Gasteiger partial charge in [0.2, 0.25) is 0 Å². The van der Waals surface area contributed by atoms with Gasteiger partial charge in [0.25, 0.3) is 0 Å². The van der Waals surface area contributed by atoms with Crippen LogP contribution in [0.2, 0.25) is 0 Å². The lowest BCUT2D eigenvalue weighted by Crippen LogP contribution is -2.43. The lowest BCUT2D eigenvalue weighted by atomic mass is 9.87. The van der Waals surface area contributed by atoms with Crippen LogP contribution >= 0.6 is 0 Å². The van der Waals surface area contributed by atoms with E-state index in [1.54, 1.807) is 0 Å². The fraction of sp³-hybridized carbons (Fsp3) is 0.538. The van der Waals surface area contributed by atoms with Gasteiger partial charge in [0, 0.05) is 6.04 Å². The third-order valence-electron chi connectivity index (χ3n) is 3.90. The summed E-state index contributed by atoms with van der Waals surface area (Å²) in [6.07, 6.45) is 4.19. The van der Waals surface area contributed by atoms with Gasteiger partial charge in [-0.05, 0) is 43.4 Å². The molecule has 2 atom stereocenters. The summed E-state index contributed by atoms with van der Waals surface area (Å²) in [6, 6.07) is 8.59. The monoisotopic (exact) mass is 203 g/mol. The van der Waals surface area contributed by atoms with Gasteiger partial charge >= 0.3 is 0 Å². The molecular formula is C13H17NO. The molecular weight excluding hydrogens is 186 g/mol. The Bertz CT molecular complexity index is 371. The number of hydrogen-bond donors (Lipinski definition) is 2. The van der Waals surface area contributed by atoms with Crippen molar-refractivity contribution in [1.82, 2.24) is 5.32 Å². The molecule has 0 aromatic heterocycles. The van der Waals surface area contributed by atoms with Gasteiger partial charge in [0.05, 0.1) is 0 Å². The Morgan fingerprint density at radius 1 is 1.33 bits per heavy atom. The van der Waals surface area contributed by atoms with Crippen LogP contribution in [0.4, 0.5) is 0 Å². The molecule has 2 heteroatoms. The molecule has 1 aliphatic heterocycles. The van der Waals surface area contributed by atoms with Crippen molar-refractivity contribution in [3.05, 3.63) is 35.4 Å². The number of hydrogen-bond acceptors (Lipinski definition) is 2. The topological polar surface area (TPSA) is 32.3 Å². The zero-order chi connectivity index (χ0) is 10.3. The first kappa shape index (κ1) is 9.37. The van der Waals surface area contributed by atoms with Crippen molar-refractivity contribution >= 4 is 0 Å². The number of benzene rings is 1. The maximum atomic E-state index is 10.8. The second-order valence-corrected chi connectivity index (χ2v) is 4.73. The third-order valence-corrected chi connectivity index (χ3v) is 3.90. The minimum Gasteiger partial charge on any atom is -0.384 e. The first-order chi connectivity index (χ1) is 7.31. The molecule has 3 rings (SSSR count). The Morgan fingerprint density at radius 2 is 2.20 bits per heavy atom. The molecule has 1 heterocycles. The predicted molar refractivity (Wildman–Crippen MR) is 59.7 cm³/mol. The number of aliphatic hydroxyl groups is 1. The van der Waals surface area contributed by atoms with Crippen LogP contribution in [0.15, 0.2) is 24.3 Å². The Hall–Kier alpha value is -0.860. The van der Waals surface area contributed by atoms with Crippen LogP contribution in [0.5, 0.6) is 0 Å². The van der Waals surface area contributed by atoms with Crippen LogP contribution in [-0.4, -0.2) is 17.7 Å². The molecule has 0 amide bonds. The Kier molecular flexibility index (Phi) is 2.08. The summed E-state index contributed by atoms with van der Waals surface area (Å²) in [4.78, 5) is 0. The van der Waals surface area contributed by atoms with Crippen molar-refractivity contribution < 1.29 is 5.11 Å². The van der Waals surface area contributed by atoms with Crippen LogP contribution in [0, 0.1) is 0 Å². The van der Waals surface area contributed by atoms with Crippen molar-refractivity contribution in [3.63, 3.8) is 0 Å². The fourth-order valence-electron chi connectivity index (χ4n) is 3.07. The highest BCUT2D eigenvalue weighted by molar-refractivity contribution is 5.38. The van der Waals surface area contributed by atoms with E-state index in [1.807, 2.05) is 6.07 Å². The van der Waals surface area contributed by atoms with Gasteiger partial charge in [-0.2, -0.15) is 0 Å². The normalized spacial score (nSPS) is 34.3. The SMILES string of the molecule is OC1([C@@H]2CCCN2)CCc2ccccc21. The third kappa shape index (κ3) is 1.32. The maximum absolute atomic E-state index is 10.8. The van der Waals surface area contributed by atoms with E-state index in [1.165, 1.54) is 12.0 Å². The molecule has 0 spiro atoms. The molecule has 1 aromatic carbocycles. The van der Waals surface area contributed by atoms with Crippen LogP contribution in [-0.2, 0) is 12.0 Å². The van der Waals surface area contributed by atoms with E-state index >= 15 is 0 Å². The first-order valence-corrected chi connectivity index (χ1v) is 5.85. The predicted octanol–water partition coefficient (Wildman–Crippen LogP) is 1.57. The minimum atomic E-state index is -0.604. The van der Waals surface area contributed by atoms with Crippen molar-refractivity contribution in [2.75, 3.05) is 6.54 Å². The van der Waals surface area contributed by atoms with Gasteiger partial charge < -0.3 is 10.4 Å². The van der Waals surface area contributed by atoms with Crippen LogP contribution in [0.1, 0.15) is 30.4 Å². The molecule has 1 unspecified atom stereocenters. The minimum absolute atomic E-state index is 0.265. The van der Waals surface area contributed by atoms with Crippen molar-refractivity contribution in [3.8, 4) is 0 Å². The average molecular weight is 203 g/mol. The largest absolute Gasteiger partial charge is 0.384 e. The van der Waals surface area contributed by atoms with Gasteiger partial charge in [-0.3, -0.25) is 0 Å². The highest BCUT2D eigenvalue weighted by atomic mass is 16.3. The average Bonchev–Trinajstić information content (AvgIpc) is 2.88. The second kappa shape index (κ2) is 3.32. The molecule has 2 nitrogen and oxygen atoms in total. The molecule has 1 saturated heterocycles. The molecule has 0 radical (unpaired) electrons. The zero-order valence-corrected chi connectivity index (χ0v) is 8.87. The summed E-state index contributed by atoms with van der Waals surface area (Å²) in [6.45, 7) is 1.05. The molecule has 1 fully saturated rings. The maximum Gasteiger partial charge on any atom is 0.105 e. The molecule has 2 aliphatic rings. The van der Waals surface area contributed by atoms with Gasteiger partial charge in [-0.15, -0.1) is 0 Å². The lowest BCUT2D eigenvalue weighted by molar-refractivity contribution is 0.00461. The quantitative estimate of drug-likeness (QED) is 0.726. The summed E-state index contributed by atoms with van der Waals surface area (Å²) in [5.74, 6) is 0. The summed E-state index contributed by atoms with van der Waals surface area (Å²) < 4.78 is 0. The molecule has 0 saturated carbocycles.